The Morgan fingerprint density at radius 3 is 2.83 bits per heavy atom. The zero-order valence-corrected chi connectivity index (χ0v) is 6.32. The Balaban J connectivity index is 3.30. The Hall–Kier alpha value is -1.84. The number of nitrogen functional groups attached to an aromatic ring is 1. The molecule has 0 aliphatic carbocycles. The van der Waals surface area contributed by atoms with Gasteiger partial charge in [-0.25, -0.2) is 9.78 Å². The van der Waals surface area contributed by atoms with Gasteiger partial charge in [-0.05, 0) is 12.1 Å². The van der Waals surface area contributed by atoms with Crippen LogP contribution in [0.15, 0.2) is 18.7 Å². The molecule has 4 nitrogen and oxygen atoms in total. The molecule has 0 amide bonds. The molecule has 4 heteroatoms. The Morgan fingerprint density at radius 2 is 2.33 bits per heavy atom. The Morgan fingerprint density at radius 1 is 1.67 bits per heavy atom. The number of hydrogen-bond donors (Lipinski definition) is 2. The molecule has 0 fully saturated rings. The first-order valence-electron chi connectivity index (χ1n) is 3.27. The standard InChI is InChI=1S/C8H8N2O2/c1-2-5-3-4-6(9)10-7(5)8(11)12/h2-4H,1H2,(H2,9,10)(H,11,12). The van der Waals surface area contributed by atoms with Crippen molar-refractivity contribution in [2.24, 2.45) is 0 Å². The van der Waals surface area contributed by atoms with Crippen LogP contribution < -0.4 is 5.73 Å². The van der Waals surface area contributed by atoms with E-state index in [1.807, 2.05) is 0 Å². The van der Waals surface area contributed by atoms with Gasteiger partial charge in [0, 0.05) is 5.56 Å². The van der Waals surface area contributed by atoms with Crippen LogP contribution in [0.1, 0.15) is 16.1 Å². The van der Waals surface area contributed by atoms with Gasteiger partial charge in [-0.1, -0.05) is 12.7 Å². The molecule has 0 saturated heterocycles. The van der Waals surface area contributed by atoms with Crippen LogP contribution in [0.3, 0.4) is 0 Å². The van der Waals surface area contributed by atoms with Gasteiger partial charge < -0.3 is 10.8 Å². The largest absolute Gasteiger partial charge is 0.476 e. The first-order valence-corrected chi connectivity index (χ1v) is 3.27. The number of hydrogen-bond acceptors (Lipinski definition) is 3. The quantitative estimate of drug-likeness (QED) is 0.683. The summed E-state index contributed by atoms with van der Waals surface area (Å²) in [6.07, 6.45) is 1.43. The first kappa shape index (κ1) is 8.26. The highest BCUT2D eigenvalue weighted by molar-refractivity contribution is 5.90. The number of nitrogens with zero attached hydrogens (tertiary/aromatic N) is 1. The van der Waals surface area contributed by atoms with Crippen molar-refractivity contribution in [3.63, 3.8) is 0 Å². The number of nitrogens with two attached hydrogens (primary N) is 1. The van der Waals surface area contributed by atoms with E-state index in [1.165, 1.54) is 12.1 Å². The number of aromatic nitrogens is 1. The van der Waals surface area contributed by atoms with E-state index in [9.17, 15) is 4.79 Å². The van der Waals surface area contributed by atoms with E-state index in [4.69, 9.17) is 10.8 Å². The summed E-state index contributed by atoms with van der Waals surface area (Å²) in [5.41, 5.74) is 5.72. The van der Waals surface area contributed by atoms with Crippen LogP contribution in [-0.4, -0.2) is 16.1 Å². The molecule has 3 N–H and O–H groups in total. The zero-order chi connectivity index (χ0) is 9.14. The lowest BCUT2D eigenvalue weighted by Gasteiger charge is -1.99. The van der Waals surface area contributed by atoms with Crippen molar-refractivity contribution in [2.75, 3.05) is 5.73 Å². The van der Waals surface area contributed by atoms with Crippen LogP contribution >= 0.6 is 0 Å². The highest BCUT2D eigenvalue weighted by Gasteiger charge is 2.09. The third kappa shape index (κ3) is 1.42. The molecule has 0 bridgehead atoms. The molecule has 62 valence electrons. The number of rotatable bonds is 2. The second kappa shape index (κ2) is 3.04. The molecular formula is C8H8N2O2. The van der Waals surface area contributed by atoms with E-state index in [2.05, 4.69) is 11.6 Å². The molecule has 12 heavy (non-hydrogen) atoms. The third-order valence-corrected chi connectivity index (χ3v) is 1.37. The summed E-state index contributed by atoms with van der Waals surface area (Å²) >= 11 is 0. The van der Waals surface area contributed by atoms with Crippen molar-refractivity contribution in [2.45, 2.75) is 0 Å². The number of anilines is 1. The average molecular weight is 164 g/mol. The van der Waals surface area contributed by atoms with Crippen molar-refractivity contribution in [3.05, 3.63) is 30.0 Å². The molecule has 0 aliphatic rings. The van der Waals surface area contributed by atoms with Gasteiger partial charge in [0.25, 0.3) is 0 Å². The van der Waals surface area contributed by atoms with Crippen LogP contribution in [0.4, 0.5) is 5.82 Å². The zero-order valence-electron chi connectivity index (χ0n) is 6.32. The second-order valence-electron chi connectivity index (χ2n) is 2.18. The van der Waals surface area contributed by atoms with Crippen LogP contribution in [0, 0.1) is 0 Å². The maximum atomic E-state index is 10.6. The summed E-state index contributed by atoms with van der Waals surface area (Å²) in [6, 6.07) is 3.10. The lowest BCUT2D eigenvalue weighted by Crippen LogP contribution is -2.05. The summed E-state index contributed by atoms with van der Waals surface area (Å²) in [5.74, 6) is -0.907. The van der Waals surface area contributed by atoms with Crippen molar-refractivity contribution < 1.29 is 9.90 Å². The predicted octanol–water partition coefficient (Wildman–Crippen LogP) is 1.01. The van der Waals surface area contributed by atoms with Crippen molar-refractivity contribution >= 4 is 17.9 Å². The fourth-order valence-electron chi connectivity index (χ4n) is 0.821. The van der Waals surface area contributed by atoms with Gasteiger partial charge >= 0.3 is 5.97 Å². The Labute approximate surface area is 69.4 Å². The van der Waals surface area contributed by atoms with Gasteiger partial charge in [-0.3, -0.25) is 0 Å². The lowest BCUT2D eigenvalue weighted by molar-refractivity contribution is 0.0690. The lowest BCUT2D eigenvalue weighted by atomic mass is 10.2. The maximum absolute atomic E-state index is 10.6. The molecule has 1 aromatic rings. The molecule has 0 atom stereocenters. The van der Waals surface area contributed by atoms with E-state index in [0.29, 0.717) is 5.56 Å². The molecule has 1 heterocycles. The third-order valence-electron chi connectivity index (χ3n) is 1.37. The fourth-order valence-corrected chi connectivity index (χ4v) is 0.821. The number of carbonyl (C=O) groups is 1. The molecule has 1 aromatic heterocycles. The number of aromatic carboxylic acids is 1. The number of pyridine rings is 1. The minimum atomic E-state index is -1.10. The Bertz CT molecular complexity index is 334. The summed E-state index contributed by atoms with van der Waals surface area (Å²) in [7, 11) is 0. The molecule has 0 radical (unpaired) electrons. The topological polar surface area (TPSA) is 76.2 Å². The Kier molecular flexibility index (Phi) is 2.09. The average Bonchev–Trinajstić information content (AvgIpc) is 2.04. The molecule has 0 spiro atoms. The van der Waals surface area contributed by atoms with Crippen molar-refractivity contribution in [1.29, 1.82) is 0 Å². The van der Waals surface area contributed by atoms with Crippen LogP contribution in [0.25, 0.3) is 6.08 Å². The van der Waals surface area contributed by atoms with Gasteiger partial charge in [0.05, 0.1) is 0 Å². The highest BCUT2D eigenvalue weighted by Crippen LogP contribution is 2.09. The number of carboxylic acids is 1. The van der Waals surface area contributed by atoms with Gasteiger partial charge in [-0.2, -0.15) is 0 Å². The van der Waals surface area contributed by atoms with Crippen LogP contribution in [0.5, 0.6) is 0 Å². The molecule has 0 unspecified atom stereocenters. The second-order valence-corrected chi connectivity index (χ2v) is 2.18. The van der Waals surface area contributed by atoms with Gasteiger partial charge in [-0.15, -0.1) is 0 Å². The monoisotopic (exact) mass is 164 g/mol. The van der Waals surface area contributed by atoms with Gasteiger partial charge in [0.1, 0.15) is 5.82 Å². The van der Waals surface area contributed by atoms with E-state index in [0.717, 1.165) is 0 Å². The first-order chi connectivity index (χ1) is 5.65. The van der Waals surface area contributed by atoms with E-state index >= 15 is 0 Å². The SMILES string of the molecule is C=Cc1ccc(N)nc1C(=O)O. The molecule has 1 rings (SSSR count). The molecule has 0 aromatic carbocycles. The number of carboxylic acid groups (broad SMARTS) is 1. The van der Waals surface area contributed by atoms with Crippen LogP contribution in [-0.2, 0) is 0 Å². The predicted molar refractivity (Wildman–Crippen MR) is 45.7 cm³/mol. The summed E-state index contributed by atoms with van der Waals surface area (Å²) < 4.78 is 0. The summed E-state index contributed by atoms with van der Waals surface area (Å²) in [6.45, 7) is 3.46. The minimum Gasteiger partial charge on any atom is -0.476 e. The minimum absolute atomic E-state index is 0.0648. The van der Waals surface area contributed by atoms with E-state index in [1.54, 1.807) is 6.07 Å². The molecule has 0 aliphatic heterocycles. The smallest absolute Gasteiger partial charge is 0.355 e. The fraction of sp³-hybridized carbons (Fsp3) is 0. The summed E-state index contributed by atoms with van der Waals surface area (Å²) in [4.78, 5) is 14.2. The van der Waals surface area contributed by atoms with Crippen LogP contribution in [0.2, 0.25) is 0 Å². The van der Waals surface area contributed by atoms with Gasteiger partial charge in [0.2, 0.25) is 0 Å². The molecule has 0 saturated carbocycles. The highest BCUT2D eigenvalue weighted by atomic mass is 16.4. The van der Waals surface area contributed by atoms with Crippen molar-refractivity contribution in [3.8, 4) is 0 Å². The summed E-state index contributed by atoms with van der Waals surface area (Å²) in [5, 5.41) is 8.66. The normalized spacial score (nSPS) is 9.33. The van der Waals surface area contributed by atoms with Crippen molar-refractivity contribution in [1.82, 2.24) is 4.98 Å². The van der Waals surface area contributed by atoms with E-state index in [-0.39, 0.29) is 11.5 Å². The maximum Gasteiger partial charge on any atom is 0.355 e. The van der Waals surface area contributed by atoms with Gasteiger partial charge in [0.15, 0.2) is 5.69 Å². The molecular weight excluding hydrogens is 156 g/mol. The van der Waals surface area contributed by atoms with E-state index < -0.39 is 5.97 Å².